The minimum atomic E-state index is -0.915. The highest BCUT2D eigenvalue weighted by molar-refractivity contribution is 5.82. The van der Waals surface area contributed by atoms with Crippen molar-refractivity contribution in [2.75, 3.05) is 0 Å². The second kappa shape index (κ2) is 4.15. The molecule has 5 nitrogen and oxygen atoms in total. The number of aromatic nitrogens is 3. The van der Waals surface area contributed by atoms with Gasteiger partial charge < -0.3 is 5.11 Å². The lowest BCUT2D eigenvalue weighted by molar-refractivity contribution is -0.147. The van der Waals surface area contributed by atoms with Crippen LogP contribution >= 0.6 is 0 Å². The molecule has 19 heavy (non-hydrogen) atoms. The number of hydrogen-bond acceptors (Lipinski definition) is 3. The predicted molar refractivity (Wildman–Crippen MR) is 64.5 cm³/mol. The molecule has 6 heteroatoms. The Balaban J connectivity index is 2.02. The molecule has 0 unspecified atom stereocenters. The number of rotatable bonds is 3. The normalized spacial score (nSPS) is 16.9. The second-order valence-corrected chi connectivity index (χ2v) is 4.75. The van der Waals surface area contributed by atoms with Crippen molar-refractivity contribution in [2.24, 2.45) is 0 Å². The summed E-state index contributed by atoms with van der Waals surface area (Å²) in [4.78, 5) is 15.1. The highest BCUT2D eigenvalue weighted by Crippen LogP contribution is 2.44. The molecule has 2 aromatic rings. The Kier molecular flexibility index (Phi) is 2.58. The van der Waals surface area contributed by atoms with Crippen LogP contribution in [0.15, 0.2) is 30.9 Å². The molecule has 1 aliphatic carbocycles. The van der Waals surface area contributed by atoms with Gasteiger partial charge in [0.05, 0.1) is 5.41 Å². The first kappa shape index (κ1) is 11.8. The minimum Gasteiger partial charge on any atom is -0.481 e. The number of halogens is 1. The van der Waals surface area contributed by atoms with Gasteiger partial charge in [0.1, 0.15) is 24.2 Å². The molecule has 0 radical (unpaired) electrons. The van der Waals surface area contributed by atoms with Crippen molar-refractivity contribution in [3.63, 3.8) is 0 Å². The predicted octanol–water partition coefficient (Wildman–Crippen LogP) is 1.91. The third-order valence-electron chi connectivity index (χ3n) is 3.78. The van der Waals surface area contributed by atoms with E-state index in [4.69, 9.17) is 0 Å². The number of carboxylic acids is 1. The first-order valence-electron chi connectivity index (χ1n) is 6.02. The van der Waals surface area contributed by atoms with E-state index in [0.717, 1.165) is 6.42 Å². The van der Waals surface area contributed by atoms with Crippen molar-refractivity contribution in [3.05, 3.63) is 42.2 Å². The van der Waals surface area contributed by atoms with Crippen LogP contribution in [0.1, 0.15) is 24.8 Å². The quantitative estimate of drug-likeness (QED) is 0.916. The fourth-order valence-corrected chi connectivity index (χ4v) is 2.48. The van der Waals surface area contributed by atoms with Gasteiger partial charge in [-0.25, -0.2) is 14.1 Å². The summed E-state index contributed by atoms with van der Waals surface area (Å²) in [6.07, 6.45) is 4.69. The molecule has 1 heterocycles. The van der Waals surface area contributed by atoms with Gasteiger partial charge in [-0.3, -0.25) is 4.79 Å². The van der Waals surface area contributed by atoms with Crippen molar-refractivity contribution >= 4 is 5.97 Å². The van der Waals surface area contributed by atoms with E-state index in [1.54, 1.807) is 12.1 Å². The van der Waals surface area contributed by atoms with Crippen LogP contribution < -0.4 is 0 Å². The van der Waals surface area contributed by atoms with E-state index in [1.807, 2.05) is 0 Å². The molecule has 1 N–H and O–H groups in total. The molecular formula is C13H12FN3O2. The zero-order valence-electron chi connectivity index (χ0n) is 10.1. The number of carbonyl (C=O) groups is 1. The van der Waals surface area contributed by atoms with Gasteiger partial charge >= 0.3 is 5.97 Å². The lowest BCUT2D eigenvalue weighted by Gasteiger charge is -2.38. The Morgan fingerprint density at radius 3 is 2.68 bits per heavy atom. The number of aliphatic carboxylic acids is 1. The first-order valence-corrected chi connectivity index (χ1v) is 6.02. The molecular weight excluding hydrogens is 249 g/mol. The molecule has 0 spiro atoms. The van der Waals surface area contributed by atoms with Gasteiger partial charge in [0.25, 0.3) is 0 Å². The molecule has 1 aliphatic rings. The Morgan fingerprint density at radius 2 is 2.21 bits per heavy atom. The van der Waals surface area contributed by atoms with Crippen molar-refractivity contribution in [1.82, 2.24) is 14.8 Å². The number of nitrogens with zero attached hydrogens (tertiary/aromatic N) is 3. The van der Waals surface area contributed by atoms with Gasteiger partial charge in [-0.1, -0.05) is 12.5 Å². The van der Waals surface area contributed by atoms with Gasteiger partial charge in [-0.05, 0) is 30.5 Å². The Morgan fingerprint density at radius 1 is 1.42 bits per heavy atom. The molecule has 1 saturated carbocycles. The van der Waals surface area contributed by atoms with Gasteiger partial charge in [0.2, 0.25) is 0 Å². The number of hydrogen-bond donors (Lipinski definition) is 1. The maximum Gasteiger partial charge on any atom is 0.314 e. The molecule has 0 aliphatic heterocycles. The molecule has 1 aromatic heterocycles. The van der Waals surface area contributed by atoms with Crippen LogP contribution in [0.2, 0.25) is 0 Å². The van der Waals surface area contributed by atoms with Crippen molar-refractivity contribution in [1.29, 1.82) is 0 Å². The van der Waals surface area contributed by atoms with Gasteiger partial charge in [0, 0.05) is 0 Å². The van der Waals surface area contributed by atoms with E-state index >= 15 is 0 Å². The summed E-state index contributed by atoms with van der Waals surface area (Å²) >= 11 is 0. The van der Waals surface area contributed by atoms with E-state index in [0.29, 0.717) is 18.4 Å². The lowest BCUT2D eigenvalue weighted by Crippen LogP contribution is -2.42. The zero-order chi connectivity index (χ0) is 13.5. The summed E-state index contributed by atoms with van der Waals surface area (Å²) in [5.41, 5.74) is -0.129. The summed E-state index contributed by atoms with van der Waals surface area (Å²) in [6, 6.07) is 4.50. The SMILES string of the molecule is O=C(O)C1(c2ccc(-n3cncn3)c(F)c2)CCC1. The average molecular weight is 261 g/mol. The van der Waals surface area contributed by atoms with Gasteiger partial charge in [-0.2, -0.15) is 5.10 Å². The Bertz CT molecular complexity index is 621. The third kappa shape index (κ3) is 1.71. The molecule has 0 atom stereocenters. The summed E-state index contributed by atoms with van der Waals surface area (Å²) < 4.78 is 15.4. The van der Waals surface area contributed by atoms with Crippen LogP contribution in [0.3, 0.4) is 0 Å². The number of carboxylic acid groups (broad SMARTS) is 1. The summed E-state index contributed by atoms with van der Waals surface area (Å²) in [5, 5.41) is 13.2. The summed E-state index contributed by atoms with van der Waals surface area (Å²) in [6.45, 7) is 0. The third-order valence-corrected chi connectivity index (χ3v) is 3.78. The second-order valence-electron chi connectivity index (χ2n) is 4.75. The van der Waals surface area contributed by atoms with Crippen LogP contribution in [-0.4, -0.2) is 25.8 Å². The molecule has 98 valence electrons. The van der Waals surface area contributed by atoms with E-state index < -0.39 is 17.2 Å². The van der Waals surface area contributed by atoms with Crippen LogP contribution in [0.5, 0.6) is 0 Å². The summed E-state index contributed by atoms with van der Waals surface area (Å²) in [7, 11) is 0. The highest BCUT2D eigenvalue weighted by atomic mass is 19.1. The van der Waals surface area contributed by atoms with E-state index in [1.165, 1.54) is 23.4 Å². The molecule has 1 aromatic carbocycles. The zero-order valence-corrected chi connectivity index (χ0v) is 10.1. The van der Waals surface area contributed by atoms with E-state index in [-0.39, 0.29) is 5.69 Å². The summed E-state index contributed by atoms with van der Waals surface area (Å²) in [5.74, 6) is -1.37. The van der Waals surface area contributed by atoms with Crippen LogP contribution in [0, 0.1) is 5.82 Å². The van der Waals surface area contributed by atoms with Crippen molar-refractivity contribution < 1.29 is 14.3 Å². The van der Waals surface area contributed by atoms with Gasteiger partial charge in [-0.15, -0.1) is 0 Å². The molecule has 1 fully saturated rings. The number of benzene rings is 1. The largest absolute Gasteiger partial charge is 0.481 e. The fraction of sp³-hybridized carbons (Fsp3) is 0.308. The Labute approximate surface area is 108 Å². The van der Waals surface area contributed by atoms with E-state index in [9.17, 15) is 14.3 Å². The lowest BCUT2D eigenvalue weighted by atomic mass is 9.64. The van der Waals surface area contributed by atoms with Crippen LogP contribution in [0.25, 0.3) is 5.69 Å². The molecule has 0 bridgehead atoms. The highest BCUT2D eigenvalue weighted by Gasteiger charge is 2.46. The maximum absolute atomic E-state index is 14.1. The molecule has 0 amide bonds. The van der Waals surface area contributed by atoms with Gasteiger partial charge in [0.15, 0.2) is 0 Å². The van der Waals surface area contributed by atoms with Crippen LogP contribution in [0.4, 0.5) is 4.39 Å². The fourth-order valence-electron chi connectivity index (χ4n) is 2.48. The smallest absolute Gasteiger partial charge is 0.314 e. The maximum atomic E-state index is 14.1. The standard InChI is InChI=1S/C13H12FN3O2/c14-10-6-9(13(12(18)19)4-1-5-13)2-3-11(10)17-8-15-7-16-17/h2-3,6-8H,1,4-5H2,(H,18,19). The monoisotopic (exact) mass is 261 g/mol. The van der Waals surface area contributed by atoms with Crippen LogP contribution in [-0.2, 0) is 10.2 Å². The van der Waals surface area contributed by atoms with E-state index in [2.05, 4.69) is 10.1 Å². The molecule has 0 saturated heterocycles. The topological polar surface area (TPSA) is 68.0 Å². The minimum absolute atomic E-state index is 0.265. The average Bonchev–Trinajstić information content (AvgIpc) is 2.80. The first-order chi connectivity index (χ1) is 9.13. The Hall–Kier alpha value is -2.24. The molecule has 3 rings (SSSR count). The van der Waals surface area contributed by atoms with Crippen molar-refractivity contribution in [2.45, 2.75) is 24.7 Å². The van der Waals surface area contributed by atoms with Crippen molar-refractivity contribution in [3.8, 4) is 5.69 Å².